The number of carbonyl (C=O) groups excluding carboxylic acids is 2. The average molecular weight is 499 g/mol. The molecule has 0 radical (unpaired) electrons. The van der Waals surface area contributed by atoms with Crippen LogP contribution in [0.3, 0.4) is 0 Å². The Bertz CT molecular complexity index is 1210. The summed E-state index contributed by atoms with van der Waals surface area (Å²) >= 11 is 0. The maximum Gasteiger partial charge on any atom is 0.308 e. The van der Waals surface area contributed by atoms with Gasteiger partial charge in [0, 0.05) is 12.5 Å². The summed E-state index contributed by atoms with van der Waals surface area (Å²) in [5.41, 5.74) is 6.67. The number of methoxy groups -OCH3 is 1. The fourth-order valence-electron chi connectivity index (χ4n) is 4.84. The first-order valence-electron chi connectivity index (χ1n) is 12.2. The lowest BCUT2D eigenvalue weighted by Crippen LogP contribution is -2.43. The number of ether oxygens (including phenoxy) is 2. The van der Waals surface area contributed by atoms with E-state index < -0.39 is 30.4 Å². The monoisotopic (exact) mass is 498 g/mol. The third-order valence-corrected chi connectivity index (χ3v) is 7.12. The molecule has 0 spiro atoms. The molecule has 2 aromatic rings. The third kappa shape index (κ3) is 4.86. The van der Waals surface area contributed by atoms with Gasteiger partial charge in [-0.3, -0.25) is 14.2 Å². The van der Waals surface area contributed by atoms with E-state index in [9.17, 15) is 19.8 Å². The van der Waals surface area contributed by atoms with Crippen LogP contribution in [0.4, 0.5) is 5.82 Å². The van der Waals surface area contributed by atoms with Crippen molar-refractivity contribution in [1.29, 1.82) is 0 Å². The van der Waals surface area contributed by atoms with Gasteiger partial charge in [-0.05, 0) is 50.4 Å². The number of fused-ring (bicyclic) bond motifs is 1. The van der Waals surface area contributed by atoms with Crippen LogP contribution in [0.2, 0.25) is 0 Å². The van der Waals surface area contributed by atoms with Crippen LogP contribution in [-0.2, 0) is 19.1 Å². The molecule has 2 saturated carbocycles. The van der Waals surface area contributed by atoms with Crippen molar-refractivity contribution in [2.45, 2.75) is 75.5 Å². The van der Waals surface area contributed by atoms with Crippen LogP contribution in [0.1, 0.15) is 57.0 Å². The van der Waals surface area contributed by atoms with Gasteiger partial charge in [-0.15, -0.1) is 0 Å². The Morgan fingerprint density at radius 1 is 1.19 bits per heavy atom. The Labute approximate surface area is 207 Å². The first-order valence-corrected chi connectivity index (χ1v) is 12.2. The van der Waals surface area contributed by atoms with Gasteiger partial charge in [0.15, 0.2) is 23.8 Å². The lowest BCUT2D eigenvalue weighted by molar-refractivity contribution is -0.146. The van der Waals surface area contributed by atoms with E-state index in [2.05, 4.69) is 32.1 Å². The van der Waals surface area contributed by atoms with Crippen molar-refractivity contribution in [3.05, 3.63) is 12.2 Å². The highest BCUT2D eigenvalue weighted by Crippen LogP contribution is 2.33. The van der Waals surface area contributed by atoms with Gasteiger partial charge in [0.1, 0.15) is 17.7 Å². The van der Waals surface area contributed by atoms with Crippen molar-refractivity contribution < 1.29 is 29.3 Å². The summed E-state index contributed by atoms with van der Waals surface area (Å²) in [5, 5.41) is 23.8. The Kier molecular flexibility index (Phi) is 6.79. The molecule has 5 rings (SSSR count). The number of nitrogen functional groups attached to an aromatic ring is 1. The summed E-state index contributed by atoms with van der Waals surface area (Å²) in [6.07, 6.45) is 2.12. The Balaban J connectivity index is 1.29. The first kappa shape index (κ1) is 24.4. The number of amides is 1. The molecule has 0 aromatic carbocycles. The molecule has 4 atom stereocenters. The predicted octanol–water partition coefficient (Wildman–Crippen LogP) is 0.0273. The van der Waals surface area contributed by atoms with E-state index in [1.54, 1.807) is 0 Å². The summed E-state index contributed by atoms with van der Waals surface area (Å²) < 4.78 is 12.0. The smallest absolute Gasteiger partial charge is 0.308 e. The van der Waals surface area contributed by atoms with Crippen LogP contribution < -0.4 is 11.1 Å². The molecule has 2 aliphatic carbocycles. The van der Waals surface area contributed by atoms with Gasteiger partial charge in [-0.25, -0.2) is 15.0 Å². The largest absolute Gasteiger partial charge is 0.469 e. The number of anilines is 1. The van der Waals surface area contributed by atoms with Crippen LogP contribution in [-0.4, -0.2) is 73.1 Å². The SMILES string of the molecule is COC(=O)C1CCC(CC#Cc2nc(N)c3ncn([C@@H]4O[C@H](C(=O)NC5CC5)[C@@H](O)[C@H]4O)c3n2)CC1. The number of nitrogens with one attached hydrogen (secondary N) is 1. The second kappa shape index (κ2) is 10.0. The molecule has 3 heterocycles. The van der Waals surface area contributed by atoms with Crippen molar-refractivity contribution >= 4 is 28.9 Å². The maximum atomic E-state index is 12.4. The zero-order valence-corrected chi connectivity index (χ0v) is 20.0. The second-order valence-corrected chi connectivity index (χ2v) is 9.71. The van der Waals surface area contributed by atoms with Crippen LogP contribution >= 0.6 is 0 Å². The Morgan fingerprint density at radius 2 is 1.94 bits per heavy atom. The molecule has 0 bridgehead atoms. The minimum absolute atomic E-state index is 0.0314. The number of nitrogens with two attached hydrogens (primary N) is 1. The second-order valence-electron chi connectivity index (χ2n) is 9.71. The predicted molar refractivity (Wildman–Crippen MR) is 126 cm³/mol. The lowest BCUT2D eigenvalue weighted by Gasteiger charge is -2.25. The van der Waals surface area contributed by atoms with Crippen molar-refractivity contribution in [2.75, 3.05) is 12.8 Å². The fraction of sp³-hybridized carbons (Fsp3) is 0.625. The zero-order valence-electron chi connectivity index (χ0n) is 20.0. The van der Waals surface area contributed by atoms with Crippen molar-refractivity contribution in [2.24, 2.45) is 11.8 Å². The molecule has 36 heavy (non-hydrogen) atoms. The van der Waals surface area contributed by atoms with E-state index in [0.717, 1.165) is 38.5 Å². The van der Waals surface area contributed by atoms with Crippen molar-refractivity contribution in [1.82, 2.24) is 24.8 Å². The summed E-state index contributed by atoms with van der Waals surface area (Å²) in [5.74, 6) is 6.13. The first-order chi connectivity index (χ1) is 17.4. The number of hydrogen-bond acceptors (Lipinski definition) is 10. The minimum atomic E-state index is -1.40. The van der Waals surface area contributed by atoms with Gasteiger partial charge >= 0.3 is 5.97 Å². The molecule has 1 saturated heterocycles. The summed E-state index contributed by atoms with van der Waals surface area (Å²) in [6, 6.07) is 0.0927. The van der Waals surface area contributed by atoms with Gasteiger partial charge in [0.25, 0.3) is 5.91 Å². The topological polar surface area (TPSA) is 175 Å². The normalized spacial score (nSPS) is 30.0. The highest BCUT2D eigenvalue weighted by Gasteiger charge is 2.48. The number of rotatable bonds is 5. The molecule has 0 unspecified atom stereocenters. The number of esters is 1. The molecule has 12 nitrogen and oxygen atoms in total. The number of aromatic nitrogens is 4. The maximum absolute atomic E-state index is 12.4. The van der Waals surface area contributed by atoms with Gasteiger partial charge in [-0.2, -0.15) is 0 Å². The van der Waals surface area contributed by atoms with Gasteiger partial charge < -0.3 is 30.7 Å². The summed E-state index contributed by atoms with van der Waals surface area (Å²) in [6.45, 7) is 0. The average Bonchev–Trinajstić information content (AvgIpc) is 3.51. The number of aliphatic hydroxyl groups excluding tert-OH is 2. The molecule has 3 aliphatic rings. The Hall–Kier alpha value is -3.27. The highest BCUT2D eigenvalue weighted by atomic mass is 16.6. The van der Waals surface area contributed by atoms with Crippen LogP contribution in [0.15, 0.2) is 6.33 Å². The van der Waals surface area contributed by atoms with E-state index in [1.807, 2.05) is 0 Å². The molecular formula is C24H30N6O6. The number of aliphatic hydroxyl groups is 2. The molecule has 192 valence electrons. The number of imidazole rings is 1. The summed E-state index contributed by atoms with van der Waals surface area (Å²) in [4.78, 5) is 37.0. The van der Waals surface area contributed by atoms with Crippen LogP contribution in [0.25, 0.3) is 11.2 Å². The molecule has 2 aromatic heterocycles. The Morgan fingerprint density at radius 3 is 2.64 bits per heavy atom. The van der Waals surface area contributed by atoms with Gasteiger partial charge in [0.2, 0.25) is 5.82 Å². The lowest BCUT2D eigenvalue weighted by atomic mass is 9.81. The van der Waals surface area contributed by atoms with E-state index in [-0.39, 0.29) is 35.2 Å². The van der Waals surface area contributed by atoms with E-state index in [4.69, 9.17) is 15.2 Å². The standard InChI is InChI=1S/C24H30N6O6/c1-35-24(34)13-7-5-12(6-8-13)3-2-4-15-28-20(25)16-21(29-15)30(11-26-16)23-18(32)17(31)19(36-23)22(33)27-14-9-10-14/h11-14,17-19,23,31-32H,3,5-10H2,1H3,(H,27,33)(H2,25,28,29)/t12?,13?,17-,18+,19-,23+/m0/s1. The van der Waals surface area contributed by atoms with Gasteiger partial charge in [-0.1, -0.05) is 5.92 Å². The van der Waals surface area contributed by atoms with Crippen molar-refractivity contribution in [3.8, 4) is 11.8 Å². The third-order valence-electron chi connectivity index (χ3n) is 7.12. The molecule has 3 fully saturated rings. The van der Waals surface area contributed by atoms with E-state index in [0.29, 0.717) is 17.9 Å². The number of carbonyl (C=O) groups is 2. The number of hydrogen-bond donors (Lipinski definition) is 4. The minimum Gasteiger partial charge on any atom is -0.469 e. The van der Waals surface area contributed by atoms with E-state index >= 15 is 0 Å². The van der Waals surface area contributed by atoms with Gasteiger partial charge in [0.05, 0.1) is 19.4 Å². The fourth-order valence-corrected chi connectivity index (χ4v) is 4.84. The zero-order chi connectivity index (χ0) is 25.4. The van der Waals surface area contributed by atoms with Crippen LogP contribution in [0.5, 0.6) is 0 Å². The molecule has 1 amide bonds. The quantitative estimate of drug-likeness (QED) is 0.325. The highest BCUT2D eigenvalue weighted by molar-refractivity contribution is 5.83. The molecule has 1 aliphatic heterocycles. The molecule has 5 N–H and O–H groups in total. The van der Waals surface area contributed by atoms with E-state index in [1.165, 1.54) is 18.0 Å². The molecule has 12 heteroatoms. The van der Waals surface area contributed by atoms with Crippen molar-refractivity contribution in [3.63, 3.8) is 0 Å². The van der Waals surface area contributed by atoms with Crippen LogP contribution in [0, 0.1) is 23.7 Å². The summed E-state index contributed by atoms with van der Waals surface area (Å²) in [7, 11) is 1.42. The molecular weight excluding hydrogens is 468 g/mol. The number of nitrogens with zero attached hydrogens (tertiary/aromatic N) is 4.